The summed E-state index contributed by atoms with van der Waals surface area (Å²) in [5.74, 6) is 1.39. The molecule has 0 spiro atoms. The maximum atomic E-state index is 11.4. The first-order valence-corrected chi connectivity index (χ1v) is 14.0. The van der Waals surface area contributed by atoms with Crippen molar-refractivity contribution >= 4 is 5.78 Å². The molecule has 34 heavy (non-hydrogen) atoms. The Morgan fingerprint density at radius 2 is 1.59 bits per heavy atom. The quantitative estimate of drug-likeness (QED) is 0.308. The van der Waals surface area contributed by atoms with E-state index in [4.69, 9.17) is 4.74 Å². The van der Waals surface area contributed by atoms with Crippen molar-refractivity contribution < 1.29 is 24.9 Å². The molecule has 0 aromatic carbocycles. The summed E-state index contributed by atoms with van der Waals surface area (Å²) < 4.78 is 6.67. The third-order valence-electron chi connectivity index (χ3n) is 9.33. The normalized spacial score (nSPS) is 36.2. The zero-order valence-corrected chi connectivity index (χ0v) is 23.1. The summed E-state index contributed by atoms with van der Waals surface area (Å²) in [5.41, 5.74) is -1.62. The van der Waals surface area contributed by atoms with Gasteiger partial charge in [-0.3, -0.25) is 4.79 Å². The minimum atomic E-state index is -0.742. The Labute approximate surface area is 209 Å². The lowest BCUT2D eigenvalue weighted by molar-refractivity contribution is -0.200. The van der Waals surface area contributed by atoms with Gasteiger partial charge in [0.15, 0.2) is 0 Å². The van der Waals surface area contributed by atoms with E-state index in [1.54, 1.807) is 6.92 Å². The van der Waals surface area contributed by atoms with Crippen molar-refractivity contribution in [3.63, 3.8) is 0 Å². The molecule has 2 rings (SSSR count). The number of aliphatic hydroxyl groups excluding tert-OH is 1. The summed E-state index contributed by atoms with van der Waals surface area (Å²) in [6.07, 6.45) is 10.1. The van der Waals surface area contributed by atoms with E-state index in [9.17, 15) is 20.1 Å². The minimum Gasteiger partial charge on any atom is -0.393 e. The predicted octanol–water partition coefficient (Wildman–Crippen LogP) is 5.82. The number of hydrogen-bond acceptors (Lipinski definition) is 5. The Hall–Kier alpha value is -0.490. The van der Waals surface area contributed by atoms with Crippen molar-refractivity contribution in [1.82, 2.24) is 0 Å². The number of carbonyl (C=O) groups is 1. The fourth-order valence-electron chi connectivity index (χ4n) is 6.22. The first-order valence-electron chi connectivity index (χ1n) is 14.0. The topological polar surface area (TPSA) is 87.0 Å². The minimum absolute atomic E-state index is 0.0636. The highest BCUT2D eigenvalue weighted by atomic mass is 16.5. The first kappa shape index (κ1) is 29.7. The number of aliphatic hydroxyl groups is 3. The Morgan fingerprint density at radius 1 is 1.03 bits per heavy atom. The molecule has 2 aliphatic rings. The molecule has 0 aromatic heterocycles. The molecular formula is C29H54O5. The van der Waals surface area contributed by atoms with Crippen LogP contribution in [0.3, 0.4) is 0 Å². The molecule has 0 bridgehead atoms. The second kappa shape index (κ2) is 12.2. The summed E-state index contributed by atoms with van der Waals surface area (Å²) in [5, 5.41) is 32.0. The number of rotatable bonds is 13. The maximum absolute atomic E-state index is 11.4. The molecule has 1 aliphatic carbocycles. The lowest BCUT2D eigenvalue weighted by Crippen LogP contribution is -2.52. The van der Waals surface area contributed by atoms with Crippen LogP contribution in [0, 0.1) is 23.7 Å². The van der Waals surface area contributed by atoms with Gasteiger partial charge in [-0.15, -0.1) is 0 Å². The summed E-state index contributed by atoms with van der Waals surface area (Å²) in [7, 11) is 0. The average Bonchev–Trinajstić information content (AvgIpc) is 2.72. The van der Waals surface area contributed by atoms with E-state index in [0.717, 1.165) is 57.8 Å². The Balaban J connectivity index is 1.71. The average molecular weight is 483 g/mol. The van der Waals surface area contributed by atoms with Gasteiger partial charge < -0.3 is 20.1 Å². The molecular weight excluding hydrogens is 428 g/mol. The van der Waals surface area contributed by atoms with Crippen LogP contribution >= 0.6 is 0 Å². The van der Waals surface area contributed by atoms with Gasteiger partial charge in [0.2, 0.25) is 0 Å². The van der Waals surface area contributed by atoms with E-state index < -0.39 is 11.2 Å². The predicted molar refractivity (Wildman–Crippen MR) is 138 cm³/mol. The SMILES string of the molecule is CC(=O)C(C)CCCC(C)(O)CCCC(C)(O)CCCC1(C)CCC2CC(O)C(C)C(C)C2O1. The van der Waals surface area contributed by atoms with Crippen molar-refractivity contribution in [1.29, 1.82) is 0 Å². The van der Waals surface area contributed by atoms with Crippen LogP contribution in [-0.4, -0.2) is 50.1 Å². The second-order valence-corrected chi connectivity index (χ2v) is 13.0. The number of Topliss-reactive ketones (excluding diaryl/α,β-unsaturated/α-hetero) is 1. The van der Waals surface area contributed by atoms with Crippen LogP contribution in [-0.2, 0) is 9.53 Å². The lowest BCUT2D eigenvalue weighted by Gasteiger charge is -2.51. The largest absolute Gasteiger partial charge is 0.393 e. The molecule has 3 N–H and O–H groups in total. The number of ketones is 1. The highest BCUT2D eigenvalue weighted by molar-refractivity contribution is 5.77. The van der Waals surface area contributed by atoms with Gasteiger partial charge in [0.25, 0.3) is 0 Å². The molecule has 2 fully saturated rings. The molecule has 5 heteroatoms. The first-order chi connectivity index (χ1) is 15.6. The lowest BCUT2D eigenvalue weighted by atomic mass is 9.67. The molecule has 9 atom stereocenters. The van der Waals surface area contributed by atoms with E-state index in [1.807, 2.05) is 20.8 Å². The fraction of sp³-hybridized carbons (Fsp3) is 0.966. The number of hydrogen-bond donors (Lipinski definition) is 3. The van der Waals surface area contributed by atoms with Crippen molar-refractivity contribution in [3.8, 4) is 0 Å². The molecule has 1 saturated heterocycles. The van der Waals surface area contributed by atoms with Crippen LogP contribution in [0.15, 0.2) is 0 Å². The van der Waals surface area contributed by atoms with Gasteiger partial charge >= 0.3 is 0 Å². The molecule has 0 aromatic rings. The van der Waals surface area contributed by atoms with Crippen LogP contribution in [0.5, 0.6) is 0 Å². The second-order valence-electron chi connectivity index (χ2n) is 13.0. The molecule has 1 saturated carbocycles. The number of carbonyl (C=O) groups excluding carboxylic acids is 1. The smallest absolute Gasteiger partial charge is 0.132 e. The van der Waals surface area contributed by atoms with E-state index in [2.05, 4.69) is 20.8 Å². The van der Waals surface area contributed by atoms with Crippen LogP contribution < -0.4 is 0 Å². The molecule has 1 aliphatic heterocycles. The van der Waals surface area contributed by atoms with E-state index >= 15 is 0 Å². The molecule has 9 unspecified atom stereocenters. The van der Waals surface area contributed by atoms with Crippen molar-refractivity contribution in [2.75, 3.05) is 0 Å². The van der Waals surface area contributed by atoms with Crippen LogP contribution in [0.4, 0.5) is 0 Å². The van der Waals surface area contributed by atoms with Crippen LogP contribution in [0.1, 0.15) is 126 Å². The third-order valence-corrected chi connectivity index (χ3v) is 9.33. The van der Waals surface area contributed by atoms with Gasteiger partial charge in [0.1, 0.15) is 5.78 Å². The molecule has 0 amide bonds. The summed E-state index contributed by atoms with van der Waals surface area (Å²) in [6.45, 7) is 14.0. The highest BCUT2D eigenvalue weighted by Crippen LogP contribution is 2.46. The van der Waals surface area contributed by atoms with Gasteiger partial charge in [-0.2, -0.15) is 0 Å². The number of fused-ring (bicyclic) bond motifs is 1. The van der Waals surface area contributed by atoms with Crippen molar-refractivity contribution in [2.45, 2.75) is 155 Å². The van der Waals surface area contributed by atoms with Crippen molar-refractivity contribution in [2.24, 2.45) is 23.7 Å². The van der Waals surface area contributed by atoms with E-state index in [1.165, 1.54) is 0 Å². The fourth-order valence-corrected chi connectivity index (χ4v) is 6.22. The van der Waals surface area contributed by atoms with Gasteiger partial charge in [-0.05, 0) is 122 Å². The number of ether oxygens (including phenoxy) is 1. The zero-order valence-electron chi connectivity index (χ0n) is 23.1. The van der Waals surface area contributed by atoms with Crippen LogP contribution in [0.2, 0.25) is 0 Å². The van der Waals surface area contributed by atoms with Gasteiger partial charge in [0, 0.05) is 5.92 Å². The third kappa shape index (κ3) is 8.87. The highest BCUT2D eigenvalue weighted by Gasteiger charge is 2.47. The van der Waals surface area contributed by atoms with Crippen molar-refractivity contribution in [3.05, 3.63) is 0 Å². The van der Waals surface area contributed by atoms with E-state index in [0.29, 0.717) is 31.1 Å². The zero-order chi connectivity index (χ0) is 25.7. The summed E-state index contributed by atoms with van der Waals surface area (Å²) in [6, 6.07) is 0. The van der Waals surface area contributed by atoms with Gasteiger partial charge in [0.05, 0.1) is 29.0 Å². The summed E-state index contributed by atoms with van der Waals surface area (Å²) in [4.78, 5) is 11.4. The Bertz CT molecular complexity index is 642. The maximum Gasteiger partial charge on any atom is 0.132 e. The standard InChI is InChI=1S/C29H54O5/c1-20(23(4)30)11-8-13-27(5,32)14-9-15-28(6,33)16-10-17-29(7)18-12-24-19-25(31)21(2)22(3)26(24)34-29/h20-22,24-26,31-33H,8-19H2,1-7H3. The Kier molecular flexibility index (Phi) is 10.6. The molecule has 1 heterocycles. The van der Waals surface area contributed by atoms with Gasteiger partial charge in [-0.25, -0.2) is 0 Å². The van der Waals surface area contributed by atoms with E-state index in [-0.39, 0.29) is 35.4 Å². The molecule has 5 nitrogen and oxygen atoms in total. The summed E-state index contributed by atoms with van der Waals surface area (Å²) >= 11 is 0. The molecule has 0 radical (unpaired) electrons. The van der Waals surface area contributed by atoms with Crippen LogP contribution in [0.25, 0.3) is 0 Å². The Morgan fingerprint density at radius 3 is 2.18 bits per heavy atom. The molecule has 200 valence electrons. The monoisotopic (exact) mass is 482 g/mol. The van der Waals surface area contributed by atoms with Gasteiger partial charge in [-0.1, -0.05) is 20.8 Å².